The van der Waals surface area contributed by atoms with Crippen LogP contribution < -0.4 is 5.73 Å². The largest absolute Gasteiger partial charge is 0.370 e. The van der Waals surface area contributed by atoms with Gasteiger partial charge in [0.2, 0.25) is 0 Å². The van der Waals surface area contributed by atoms with Crippen LogP contribution in [0.25, 0.3) is 0 Å². The molecule has 1 atom stereocenters. The Labute approximate surface area is 121 Å². The average molecular weight is 289 g/mol. The Balaban J connectivity index is 1.86. The first-order valence-electron chi connectivity index (χ1n) is 6.50. The van der Waals surface area contributed by atoms with E-state index in [-0.39, 0.29) is 11.9 Å². The highest BCUT2D eigenvalue weighted by molar-refractivity contribution is 7.09. The number of guanidine groups is 1. The number of thiophene rings is 1. The minimum Gasteiger partial charge on any atom is -0.370 e. The standard InChI is InChI=1S/C15H16FN3S/c1-10-4-5-11(7-13(10)16)14-8-18-15(17)19(14)9-12-3-2-6-20-12/h2-7,14H,8-9H2,1H3,(H2,17,18). The second kappa shape index (κ2) is 5.25. The molecule has 0 saturated heterocycles. The second-order valence-corrected chi connectivity index (χ2v) is 5.96. The molecular formula is C15H16FN3S. The van der Waals surface area contributed by atoms with Crippen molar-refractivity contribution in [2.75, 3.05) is 6.54 Å². The molecule has 1 aliphatic heterocycles. The van der Waals surface area contributed by atoms with Crippen LogP contribution in [0.3, 0.4) is 0 Å². The molecule has 1 aromatic heterocycles. The number of nitrogens with zero attached hydrogens (tertiary/aromatic N) is 2. The second-order valence-electron chi connectivity index (χ2n) is 4.93. The van der Waals surface area contributed by atoms with E-state index in [0.29, 0.717) is 24.6 Å². The molecule has 5 heteroatoms. The number of halogens is 1. The lowest BCUT2D eigenvalue weighted by molar-refractivity contribution is 0.342. The molecule has 2 heterocycles. The zero-order valence-corrected chi connectivity index (χ0v) is 12.0. The fraction of sp³-hybridized carbons (Fsp3) is 0.267. The van der Waals surface area contributed by atoms with Gasteiger partial charge in [-0.15, -0.1) is 11.3 Å². The molecule has 0 bridgehead atoms. The molecule has 2 N–H and O–H groups in total. The molecular weight excluding hydrogens is 273 g/mol. The van der Waals surface area contributed by atoms with E-state index in [2.05, 4.69) is 11.1 Å². The number of hydrogen-bond donors (Lipinski definition) is 1. The summed E-state index contributed by atoms with van der Waals surface area (Å²) < 4.78 is 13.7. The quantitative estimate of drug-likeness (QED) is 0.943. The first kappa shape index (κ1) is 13.1. The zero-order valence-electron chi connectivity index (χ0n) is 11.2. The first-order valence-corrected chi connectivity index (χ1v) is 7.38. The molecule has 0 aliphatic carbocycles. The highest BCUT2D eigenvalue weighted by Crippen LogP contribution is 2.29. The summed E-state index contributed by atoms with van der Waals surface area (Å²) in [5.74, 6) is 0.355. The van der Waals surface area contributed by atoms with E-state index in [1.807, 2.05) is 28.5 Å². The smallest absolute Gasteiger partial charge is 0.192 e. The van der Waals surface area contributed by atoms with Crippen LogP contribution in [0.15, 0.2) is 40.7 Å². The van der Waals surface area contributed by atoms with Gasteiger partial charge in [-0.25, -0.2) is 4.39 Å². The van der Waals surface area contributed by atoms with Gasteiger partial charge in [0, 0.05) is 4.88 Å². The first-order chi connectivity index (χ1) is 9.65. The summed E-state index contributed by atoms with van der Waals surface area (Å²) in [5, 5.41) is 2.04. The van der Waals surface area contributed by atoms with E-state index >= 15 is 0 Å². The van der Waals surface area contributed by atoms with Gasteiger partial charge in [-0.3, -0.25) is 4.99 Å². The van der Waals surface area contributed by atoms with Crippen LogP contribution in [0.4, 0.5) is 4.39 Å². The van der Waals surface area contributed by atoms with Gasteiger partial charge >= 0.3 is 0 Å². The maximum absolute atomic E-state index is 13.7. The van der Waals surface area contributed by atoms with Gasteiger partial charge in [0.15, 0.2) is 5.96 Å². The van der Waals surface area contributed by atoms with E-state index in [4.69, 9.17) is 5.73 Å². The predicted molar refractivity (Wildman–Crippen MR) is 80.2 cm³/mol. The van der Waals surface area contributed by atoms with Crippen molar-refractivity contribution in [1.82, 2.24) is 4.90 Å². The van der Waals surface area contributed by atoms with E-state index < -0.39 is 0 Å². The molecule has 3 nitrogen and oxygen atoms in total. The number of nitrogens with two attached hydrogens (primary N) is 1. The Morgan fingerprint density at radius 3 is 3.00 bits per heavy atom. The van der Waals surface area contributed by atoms with E-state index in [1.165, 1.54) is 4.88 Å². The van der Waals surface area contributed by atoms with Crippen LogP contribution in [-0.2, 0) is 6.54 Å². The molecule has 1 aliphatic rings. The minimum absolute atomic E-state index is 0.0206. The lowest BCUT2D eigenvalue weighted by Gasteiger charge is -2.26. The molecule has 0 fully saturated rings. The molecule has 20 heavy (non-hydrogen) atoms. The summed E-state index contributed by atoms with van der Waals surface area (Å²) >= 11 is 1.69. The minimum atomic E-state index is -0.177. The summed E-state index contributed by atoms with van der Waals surface area (Å²) in [6.45, 7) is 3.06. The summed E-state index contributed by atoms with van der Waals surface area (Å²) in [5.41, 5.74) is 7.56. The average Bonchev–Trinajstić information content (AvgIpc) is 3.05. The molecule has 0 amide bonds. The van der Waals surface area contributed by atoms with Gasteiger partial charge in [-0.1, -0.05) is 18.2 Å². The lowest BCUT2D eigenvalue weighted by Crippen LogP contribution is -2.35. The maximum atomic E-state index is 13.7. The summed E-state index contributed by atoms with van der Waals surface area (Å²) in [7, 11) is 0. The van der Waals surface area contributed by atoms with E-state index in [9.17, 15) is 4.39 Å². The van der Waals surface area contributed by atoms with Crippen molar-refractivity contribution in [2.24, 2.45) is 10.7 Å². The van der Waals surface area contributed by atoms with Crippen LogP contribution in [0.1, 0.15) is 22.0 Å². The highest BCUT2D eigenvalue weighted by atomic mass is 32.1. The van der Waals surface area contributed by atoms with Crippen molar-refractivity contribution in [3.8, 4) is 0 Å². The van der Waals surface area contributed by atoms with Crippen molar-refractivity contribution < 1.29 is 4.39 Å². The van der Waals surface area contributed by atoms with Gasteiger partial charge in [0.25, 0.3) is 0 Å². The fourth-order valence-corrected chi connectivity index (χ4v) is 3.10. The van der Waals surface area contributed by atoms with Crippen LogP contribution in [0, 0.1) is 12.7 Å². The summed E-state index contributed by atoms with van der Waals surface area (Å²) in [6.07, 6.45) is 0. The number of rotatable bonds is 3. The Morgan fingerprint density at radius 1 is 1.45 bits per heavy atom. The summed E-state index contributed by atoms with van der Waals surface area (Å²) in [4.78, 5) is 7.57. The normalized spacial score (nSPS) is 18.4. The third kappa shape index (κ3) is 2.41. The Kier molecular flexibility index (Phi) is 3.44. The molecule has 104 valence electrons. The van der Waals surface area contributed by atoms with Gasteiger partial charge in [0.05, 0.1) is 19.1 Å². The number of aryl methyl sites for hydroxylation is 1. The van der Waals surface area contributed by atoms with Crippen LogP contribution >= 0.6 is 11.3 Å². The zero-order chi connectivity index (χ0) is 14.1. The van der Waals surface area contributed by atoms with Crippen molar-refractivity contribution in [3.05, 3.63) is 57.5 Å². The number of benzene rings is 1. The van der Waals surface area contributed by atoms with Crippen molar-refractivity contribution in [3.63, 3.8) is 0 Å². The highest BCUT2D eigenvalue weighted by Gasteiger charge is 2.28. The number of hydrogen-bond acceptors (Lipinski definition) is 4. The SMILES string of the molecule is Cc1ccc(C2CN=C(N)N2Cc2cccs2)cc1F. The van der Waals surface area contributed by atoms with Crippen molar-refractivity contribution in [1.29, 1.82) is 0 Å². The van der Waals surface area contributed by atoms with Crippen molar-refractivity contribution >= 4 is 17.3 Å². The third-order valence-electron chi connectivity index (χ3n) is 3.58. The van der Waals surface area contributed by atoms with Crippen LogP contribution in [0.5, 0.6) is 0 Å². The lowest BCUT2D eigenvalue weighted by atomic mass is 10.0. The monoisotopic (exact) mass is 289 g/mol. The molecule has 3 rings (SSSR count). The van der Waals surface area contributed by atoms with Gasteiger partial charge < -0.3 is 10.6 Å². The Hall–Kier alpha value is -1.88. The van der Waals surface area contributed by atoms with Gasteiger partial charge in [-0.2, -0.15) is 0 Å². The molecule has 1 aromatic carbocycles. The topological polar surface area (TPSA) is 41.6 Å². The Morgan fingerprint density at radius 2 is 2.30 bits per heavy atom. The van der Waals surface area contributed by atoms with Gasteiger partial charge in [0.1, 0.15) is 5.82 Å². The van der Waals surface area contributed by atoms with E-state index in [0.717, 1.165) is 5.56 Å². The molecule has 0 radical (unpaired) electrons. The predicted octanol–water partition coefficient (Wildman–Crippen LogP) is 3.07. The molecule has 1 unspecified atom stereocenters. The maximum Gasteiger partial charge on any atom is 0.192 e. The number of aliphatic imine (C=N–C) groups is 1. The van der Waals surface area contributed by atoms with E-state index in [1.54, 1.807) is 24.3 Å². The molecule has 0 saturated carbocycles. The van der Waals surface area contributed by atoms with Crippen LogP contribution in [-0.4, -0.2) is 17.4 Å². The van der Waals surface area contributed by atoms with Crippen LogP contribution in [0.2, 0.25) is 0 Å². The van der Waals surface area contributed by atoms with Crippen molar-refractivity contribution in [2.45, 2.75) is 19.5 Å². The third-order valence-corrected chi connectivity index (χ3v) is 4.44. The fourth-order valence-electron chi connectivity index (χ4n) is 2.39. The molecule has 0 spiro atoms. The molecule has 2 aromatic rings. The summed E-state index contributed by atoms with van der Waals surface area (Å²) in [6, 6.07) is 9.47. The Bertz CT molecular complexity index is 637. The van der Waals surface area contributed by atoms with Gasteiger partial charge in [-0.05, 0) is 35.6 Å².